The molecule has 0 bridgehead atoms. The third-order valence-electron chi connectivity index (χ3n) is 2.75. The van der Waals surface area contributed by atoms with E-state index >= 15 is 0 Å². The lowest BCUT2D eigenvalue weighted by Gasteiger charge is -2.10. The lowest BCUT2D eigenvalue weighted by molar-refractivity contribution is -0.120. The summed E-state index contributed by atoms with van der Waals surface area (Å²) in [6.45, 7) is 5.63. The number of sulfone groups is 1. The van der Waals surface area contributed by atoms with Gasteiger partial charge >= 0.3 is 0 Å². The molecule has 1 amide bonds. The van der Waals surface area contributed by atoms with Gasteiger partial charge in [0.15, 0.2) is 9.84 Å². The second-order valence-electron chi connectivity index (χ2n) is 5.10. The Morgan fingerprint density at radius 2 is 2.12 bits per heavy atom. The molecule has 100 valence electrons. The summed E-state index contributed by atoms with van der Waals surface area (Å²) in [7, 11) is -2.81. The minimum absolute atomic E-state index is 0.0282. The standard InChI is InChI=1S/C11H22N2O3S/c1-9(2)5-13-11(14)7-12-6-10-3-4-17(15,16)8-10/h9-10,12H,3-8H2,1-2H3,(H,13,14). The molecule has 1 saturated heterocycles. The van der Waals surface area contributed by atoms with Gasteiger partial charge in [0.2, 0.25) is 5.91 Å². The highest BCUT2D eigenvalue weighted by molar-refractivity contribution is 7.91. The Bertz CT molecular complexity index is 352. The minimum atomic E-state index is -2.81. The summed E-state index contributed by atoms with van der Waals surface area (Å²) in [6.07, 6.45) is 0.711. The number of hydrogen-bond acceptors (Lipinski definition) is 4. The van der Waals surface area contributed by atoms with Gasteiger partial charge in [-0.3, -0.25) is 4.79 Å². The van der Waals surface area contributed by atoms with Crippen LogP contribution in [0.4, 0.5) is 0 Å². The summed E-state index contributed by atoms with van der Waals surface area (Å²) in [6, 6.07) is 0. The molecule has 1 atom stereocenters. The van der Waals surface area contributed by atoms with Crippen LogP contribution < -0.4 is 10.6 Å². The Labute approximate surface area is 103 Å². The van der Waals surface area contributed by atoms with Gasteiger partial charge in [-0.2, -0.15) is 0 Å². The van der Waals surface area contributed by atoms with E-state index in [9.17, 15) is 13.2 Å². The first-order valence-electron chi connectivity index (χ1n) is 6.07. The second kappa shape index (κ2) is 6.35. The molecule has 6 heteroatoms. The number of carbonyl (C=O) groups excluding carboxylic acids is 1. The van der Waals surface area contributed by atoms with E-state index in [-0.39, 0.29) is 24.1 Å². The molecule has 5 nitrogen and oxygen atoms in total. The molecule has 1 heterocycles. The summed E-state index contributed by atoms with van der Waals surface area (Å²) in [5.41, 5.74) is 0. The van der Waals surface area contributed by atoms with Crippen LogP contribution in [0.5, 0.6) is 0 Å². The van der Waals surface area contributed by atoms with Crippen LogP contribution in [-0.2, 0) is 14.6 Å². The topological polar surface area (TPSA) is 75.3 Å². The maximum atomic E-state index is 11.4. The average Bonchev–Trinajstić information content (AvgIpc) is 2.55. The van der Waals surface area contributed by atoms with Gasteiger partial charge in [-0.1, -0.05) is 13.8 Å². The molecule has 2 N–H and O–H groups in total. The van der Waals surface area contributed by atoms with Gasteiger partial charge in [-0.25, -0.2) is 8.42 Å². The van der Waals surface area contributed by atoms with Gasteiger partial charge in [-0.05, 0) is 24.8 Å². The predicted octanol–water partition coefficient (Wildman–Crippen LogP) is -0.217. The minimum Gasteiger partial charge on any atom is -0.355 e. The lowest BCUT2D eigenvalue weighted by atomic mass is 10.1. The molecule has 1 unspecified atom stereocenters. The van der Waals surface area contributed by atoms with E-state index in [1.807, 2.05) is 13.8 Å². The fourth-order valence-electron chi connectivity index (χ4n) is 1.80. The van der Waals surface area contributed by atoms with Crippen LogP contribution in [0.2, 0.25) is 0 Å². The summed E-state index contributed by atoms with van der Waals surface area (Å²) in [5, 5.41) is 5.82. The first-order valence-corrected chi connectivity index (χ1v) is 7.89. The van der Waals surface area contributed by atoms with Gasteiger partial charge in [0.05, 0.1) is 18.1 Å². The molecular weight excluding hydrogens is 240 g/mol. The van der Waals surface area contributed by atoms with Crippen molar-refractivity contribution in [2.75, 3.05) is 31.1 Å². The Morgan fingerprint density at radius 1 is 1.41 bits per heavy atom. The van der Waals surface area contributed by atoms with Crippen molar-refractivity contribution in [3.05, 3.63) is 0 Å². The monoisotopic (exact) mass is 262 g/mol. The number of hydrogen-bond donors (Lipinski definition) is 2. The molecule has 0 aromatic rings. The second-order valence-corrected chi connectivity index (χ2v) is 7.33. The van der Waals surface area contributed by atoms with Crippen LogP contribution in [0.1, 0.15) is 20.3 Å². The number of carbonyl (C=O) groups is 1. The maximum Gasteiger partial charge on any atom is 0.233 e. The third kappa shape index (κ3) is 6.02. The van der Waals surface area contributed by atoms with Gasteiger partial charge < -0.3 is 10.6 Å². The van der Waals surface area contributed by atoms with Crippen LogP contribution in [0, 0.1) is 11.8 Å². The Kier molecular flexibility index (Phi) is 5.39. The van der Waals surface area contributed by atoms with Gasteiger partial charge in [0.25, 0.3) is 0 Å². The van der Waals surface area contributed by atoms with Crippen molar-refractivity contribution in [2.24, 2.45) is 11.8 Å². The zero-order valence-corrected chi connectivity index (χ0v) is 11.3. The molecule has 0 spiro atoms. The smallest absolute Gasteiger partial charge is 0.233 e. The SMILES string of the molecule is CC(C)CNC(=O)CNCC1CCS(=O)(=O)C1. The highest BCUT2D eigenvalue weighted by Gasteiger charge is 2.27. The van der Waals surface area contributed by atoms with Crippen LogP contribution in [0.3, 0.4) is 0 Å². The zero-order valence-electron chi connectivity index (χ0n) is 10.5. The Balaban J connectivity index is 2.10. The van der Waals surface area contributed by atoms with Crippen molar-refractivity contribution >= 4 is 15.7 Å². The van der Waals surface area contributed by atoms with E-state index in [2.05, 4.69) is 10.6 Å². The lowest BCUT2D eigenvalue weighted by Crippen LogP contribution is -2.37. The van der Waals surface area contributed by atoms with Crippen LogP contribution in [0.25, 0.3) is 0 Å². The van der Waals surface area contributed by atoms with E-state index < -0.39 is 9.84 Å². The molecule has 1 aliphatic rings. The number of amides is 1. The quantitative estimate of drug-likeness (QED) is 0.694. The van der Waals surface area contributed by atoms with Crippen molar-refractivity contribution in [1.82, 2.24) is 10.6 Å². The third-order valence-corrected chi connectivity index (χ3v) is 4.59. The Morgan fingerprint density at radius 3 is 2.65 bits per heavy atom. The van der Waals surface area contributed by atoms with E-state index in [4.69, 9.17) is 0 Å². The maximum absolute atomic E-state index is 11.4. The first-order chi connectivity index (χ1) is 7.89. The fraction of sp³-hybridized carbons (Fsp3) is 0.909. The van der Waals surface area contributed by atoms with Crippen molar-refractivity contribution in [1.29, 1.82) is 0 Å². The summed E-state index contributed by atoms with van der Waals surface area (Å²) >= 11 is 0. The summed E-state index contributed by atoms with van der Waals surface area (Å²) in [5.74, 6) is 1.13. The average molecular weight is 262 g/mol. The molecule has 0 radical (unpaired) electrons. The van der Waals surface area contributed by atoms with Crippen LogP contribution in [0.15, 0.2) is 0 Å². The van der Waals surface area contributed by atoms with Crippen molar-refractivity contribution in [3.8, 4) is 0 Å². The molecule has 0 aromatic heterocycles. The fourth-order valence-corrected chi connectivity index (χ4v) is 3.67. The van der Waals surface area contributed by atoms with E-state index in [0.717, 1.165) is 0 Å². The highest BCUT2D eigenvalue weighted by atomic mass is 32.2. The van der Waals surface area contributed by atoms with Gasteiger partial charge in [0.1, 0.15) is 0 Å². The van der Waals surface area contributed by atoms with Crippen LogP contribution in [-0.4, -0.2) is 45.5 Å². The van der Waals surface area contributed by atoms with E-state index in [1.165, 1.54) is 0 Å². The van der Waals surface area contributed by atoms with Crippen molar-refractivity contribution in [3.63, 3.8) is 0 Å². The molecule has 0 aliphatic carbocycles. The van der Waals surface area contributed by atoms with Crippen LogP contribution >= 0.6 is 0 Å². The molecular formula is C11H22N2O3S. The van der Waals surface area contributed by atoms with Gasteiger partial charge in [-0.15, -0.1) is 0 Å². The Hall–Kier alpha value is -0.620. The normalized spacial score (nSPS) is 22.9. The van der Waals surface area contributed by atoms with E-state index in [0.29, 0.717) is 31.2 Å². The molecule has 1 aliphatic heterocycles. The molecule has 17 heavy (non-hydrogen) atoms. The number of rotatable bonds is 6. The summed E-state index contributed by atoms with van der Waals surface area (Å²) in [4.78, 5) is 11.4. The number of nitrogens with one attached hydrogen (secondary N) is 2. The van der Waals surface area contributed by atoms with E-state index in [1.54, 1.807) is 0 Å². The molecule has 0 aromatic carbocycles. The first kappa shape index (κ1) is 14.4. The zero-order chi connectivity index (χ0) is 12.9. The van der Waals surface area contributed by atoms with Crippen molar-refractivity contribution in [2.45, 2.75) is 20.3 Å². The molecule has 1 fully saturated rings. The van der Waals surface area contributed by atoms with Gasteiger partial charge in [0, 0.05) is 6.54 Å². The largest absolute Gasteiger partial charge is 0.355 e. The predicted molar refractivity (Wildman–Crippen MR) is 67.5 cm³/mol. The molecule has 1 rings (SSSR count). The summed E-state index contributed by atoms with van der Waals surface area (Å²) < 4.78 is 22.4. The van der Waals surface area contributed by atoms with Crippen molar-refractivity contribution < 1.29 is 13.2 Å². The highest BCUT2D eigenvalue weighted by Crippen LogP contribution is 2.16. The molecule has 0 saturated carbocycles.